The highest BCUT2D eigenvalue weighted by Gasteiger charge is 2.23. The van der Waals surface area contributed by atoms with Crippen LogP contribution < -0.4 is 10.2 Å². The number of aromatic nitrogens is 1. The third kappa shape index (κ3) is 6.04. The van der Waals surface area contributed by atoms with E-state index >= 15 is 0 Å². The molecule has 1 saturated heterocycles. The summed E-state index contributed by atoms with van der Waals surface area (Å²) in [5.41, 5.74) is 6.68. The molecule has 2 heterocycles. The van der Waals surface area contributed by atoms with Gasteiger partial charge in [-0.05, 0) is 90.7 Å². The van der Waals surface area contributed by atoms with Gasteiger partial charge in [0.15, 0.2) is 5.78 Å². The van der Waals surface area contributed by atoms with E-state index in [-0.39, 0.29) is 18.1 Å². The quantitative estimate of drug-likeness (QED) is 0.281. The second-order valence-corrected chi connectivity index (χ2v) is 11.0. The fourth-order valence-corrected chi connectivity index (χ4v) is 5.72. The summed E-state index contributed by atoms with van der Waals surface area (Å²) >= 11 is 0. The van der Waals surface area contributed by atoms with Gasteiger partial charge in [0.1, 0.15) is 11.6 Å². The first-order chi connectivity index (χ1) is 20.3. The van der Waals surface area contributed by atoms with Gasteiger partial charge in [-0.2, -0.15) is 0 Å². The summed E-state index contributed by atoms with van der Waals surface area (Å²) in [7, 11) is 2.10. The number of piperazine rings is 1. The lowest BCUT2D eigenvalue weighted by Gasteiger charge is -2.34. The van der Waals surface area contributed by atoms with Gasteiger partial charge in [0, 0.05) is 67.4 Å². The van der Waals surface area contributed by atoms with E-state index in [0.717, 1.165) is 54.6 Å². The van der Waals surface area contributed by atoms with Crippen molar-refractivity contribution in [2.75, 3.05) is 38.1 Å². The maximum Gasteiger partial charge on any atom is 0.255 e. The van der Waals surface area contributed by atoms with Gasteiger partial charge in [0.2, 0.25) is 0 Å². The van der Waals surface area contributed by atoms with Crippen LogP contribution in [0.4, 0.5) is 14.5 Å². The van der Waals surface area contributed by atoms with Crippen LogP contribution in [-0.4, -0.2) is 54.8 Å². The molecule has 1 amide bonds. The summed E-state index contributed by atoms with van der Waals surface area (Å²) in [6, 6.07) is 18.7. The number of nitrogens with one attached hydrogen (secondary N) is 2. The minimum atomic E-state index is -0.608. The number of likely N-dealkylation sites (N-methyl/N-ethyl adjacent to an activating group) is 1. The van der Waals surface area contributed by atoms with Gasteiger partial charge in [-0.1, -0.05) is 18.2 Å². The molecule has 0 bridgehead atoms. The standard InChI is InChI=1S/C34H32F2N4O2/c1-39-11-13-40(14-12-39)28-7-8-29(25(19-28)20-33(41)32-3-2-10-37-32)34(42)38-31-9-6-24-5-4-22(18-30(24)31)15-23-16-26(35)21-27(36)17-23/h2-5,7-10,16-19,21,37H,6,11-15,20H2,1H3,(H,38,42). The minimum absolute atomic E-state index is 0.0894. The fourth-order valence-electron chi connectivity index (χ4n) is 5.72. The zero-order valence-corrected chi connectivity index (χ0v) is 23.4. The van der Waals surface area contributed by atoms with E-state index in [2.05, 4.69) is 27.1 Å². The van der Waals surface area contributed by atoms with Crippen LogP contribution in [0.2, 0.25) is 0 Å². The van der Waals surface area contributed by atoms with Gasteiger partial charge >= 0.3 is 0 Å². The molecule has 0 saturated carbocycles. The number of H-pyrrole nitrogens is 1. The first-order valence-corrected chi connectivity index (χ1v) is 14.1. The van der Waals surface area contributed by atoms with Crippen molar-refractivity contribution in [1.29, 1.82) is 0 Å². The second-order valence-electron chi connectivity index (χ2n) is 11.0. The fraction of sp³-hybridized carbons (Fsp3) is 0.235. The van der Waals surface area contributed by atoms with E-state index in [1.54, 1.807) is 18.3 Å². The molecule has 0 unspecified atom stereocenters. The van der Waals surface area contributed by atoms with Crippen LogP contribution in [0.1, 0.15) is 48.7 Å². The summed E-state index contributed by atoms with van der Waals surface area (Å²) in [4.78, 5) is 34.3. The number of carbonyl (C=O) groups is 2. The minimum Gasteiger partial charge on any atom is -0.369 e. The zero-order valence-electron chi connectivity index (χ0n) is 23.4. The maximum atomic E-state index is 13.7. The van der Waals surface area contributed by atoms with Crippen LogP contribution in [0, 0.1) is 11.6 Å². The maximum absolute atomic E-state index is 13.7. The summed E-state index contributed by atoms with van der Waals surface area (Å²) in [6.45, 7) is 3.64. The Morgan fingerprint density at radius 2 is 1.69 bits per heavy atom. The number of amides is 1. The van der Waals surface area contributed by atoms with Gasteiger partial charge in [0.05, 0.1) is 5.69 Å². The van der Waals surface area contributed by atoms with E-state index in [1.165, 1.54) is 12.1 Å². The molecule has 6 nitrogen and oxygen atoms in total. The van der Waals surface area contributed by atoms with E-state index in [9.17, 15) is 18.4 Å². The number of ketones is 1. The molecule has 3 aromatic carbocycles. The number of carbonyl (C=O) groups excluding carboxylic acids is 2. The average molecular weight is 567 g/mol. The van der Waals surface area contributed by atoms with Crippen LogP contribution >= 0.6 is 0 Å². The lowest BCUT2D eigenvalue weighted by Crippen LogP contribution is -2.44. The highest BCUT2D eigenvalue weighted by Crippen LogP contribution is 2.29. The highest BCUT2D eigenvalue weighted by molar-refractivity contribution is 6.04. The number of rotatable bonds is 8. The summed E-state index contributed by atoms with van der Waals surface area (Å²) in [5, 5.41) is 3.08. The number of allylic oxidation sites excluding steroid dienone is 1. The number of aromatic amines is 1. The van der Waals surface area contributed by atoms with Crippen LogP contribution in [0.25, 0.3) is 5.70 Å². The molecule has 214 valence electrons. The van der Waals surface area contributed by atoms with E-state index < -0.39 is 11.6 Å². The van der Waals surface area contributed by atoms with Crippen LogP contribution in [0.15, 0.2) is 79.0 Å². The molecule has 2 N–H and O–H groups in total. The largest absolute Gasteiger partial charge is 0.369 e. The number of anilines is 1. The number of fused-ring (bicyclic) bond motifs is 1. The molecular weight excluding hydrogens is 534 g/mol. The van der Waals surface area contributed by atoms with Crippen molar-refractivity contribution in [1.82, 2.24) is 15.2 Å². The Balaban J connectivity index is 1.24. The van der Waals surface area contributed by atoms with Gasteiger partial charge in [-0.25, -0.2) is 8.78 Å². The molecule has 1 aliphatic heterocycles. The molecule has 6 rings (SSSR count). The van der Waals surface area contributed by atoms with Crippen molar-refractivity contribution in [3.8, 4) is 0 Å². The number of hydrogen-bond acceptors (Lipinski definition) is 4. The predicted octanol–water partition coefficient (Wildman–Crippen LogP) is 5.39. The summed E-state index contributed by atoms with van der Waals surface area (Å²) in [5.74, 6) is -1.59. The van der Waals surface area contributed by atoms with Gasteiger partial charge in [-0.3, -0.25) is 9.59 Å². The smallest absolute Gasteiger partial charge is 0.255 e. The monoisotopic (exact) mass is 566 g/mol. The Kier molecular flexibility index (Phi) is 7.71. The van der Waals surface area contributed by atoms with Crippen molar-refractivity contribution in [2.24, 2.45) is 0 Å². The molecule has 42 heavy (non-hydrogen) atoms. The van der Waals surface area contributed by atoms with Crippen molar-refractivity contribution in [2.45, 2.75) is 19.3 Å². The van der Waals surface area contributed by atoms with Crippen molar-refractivity contribution < 1.29 is 18.4 Å². The Morgan fingerprint density at radius 1 is 0.905 bits per heavy atom. The molecule has 1 fully saturated rings. The highest BCUT2D eigenvalue weighted by atomic mass is 19.1. The van der Waals surface area contributed by atoms with Crippen molar-refractivity contribution in [3.05, 3.63) is 130 Å². The molecule has 0 radical (unpaired) electrons. The lowest BCUT2D eigenvalue weighted by atomic mass is 9.98. The van der Waals surface area contributed by atoms with E-state index in [1.807, 2.05) is 42.5 Å². The zero-order chi connectivity index (χ0) is 29.2. The normalized spacial score (nSPS) is 14.9. The summed E-state index contributed by atoms with van der Waals surface area (Å²) < 4.78 is 27.5. The van der Waals surface area contributed by atoms with Gasteiger partial charge in [-0.15, -0.1) is 0 Å². The number of nitrogens with zero attached hydrogens (tertiary/aromatic N) is 2. The third-order valence-corrected chi connectivity index (χ3v) is 8.02. The van der Waals surface area contributed by atoms with E-state index in [4.69, 9.17) is 0 Å². The van der Waals surface area contributed by atoms with Crippen LogP contribution in [-0.2, 0) is 19.3 Å². The molecule has 1 aromatic heterocycles. The lowest BCUT2D eigenvalue weighted by molar-refractivity contribution is 0.0972. The Hall–Kier alpha value is -4.56. The third-order valence-electron chi connectivity index (χ3n) is 8.02. The molecular formula is C34H32F2N4O2. The molecule has 0 atom stereocenters. The van der Waals surface area contributed by atoms with Gasteiger partial charge < -0.3 is 20.1 Å². The SMILES string of the molecule is CN1CCN(c2ccc(C(=O)NC3=CCc4ccc(Cc5cc(F)cc(F)c5)cc43)c(CC(=O)c3ccc[nH]3)c2)CC1. The van der Waals surface area contributed by atoms with Crippen LogP contribution in [0.5, 0.6) is 0 Å². The van der Waals surface area contributed by atoms with Gasteiger partial charge in [0.25, 0.3) is 5.91 Å². The second kappa shape index (κ2) is 11.7. The number of benzene rings is 3. The van der Waals surface area contributed by atoms with Crippen molar-refractivity contribution in [3.63, 3.8) is 0 Å². The Labute approximate surface area is 243 Å². The molecule has 4 aromatic rings. The Morgan fingerprint density at radius 3 is 2.43 bits per heavy atom. The number of Topliss-reactive ketones (excluding diaryl/α,β-unsaturated/α-hetero) is 1. The first-order valence-electron chi connectivity index (χ1n) is 14.1. The number of halogens is 2. The number of hydrogen-bond donors (Lipinski definition) is 2. The molecule has 2 aliphatic rings. The van der Waals surface area contributed by atoms with Crippen LogP contribution in [0.3, 0.4) is 0 Å². The van der Waals surface area contributed by atoms with Crippen molar-refractivity contribution >= 4 is 23.1 Å². The Bertz CT molecular complexity index is 1650. The molecule has 1 aliphatic carbocycles. The molecule has 8 heteroatoms. The topological polar surface area (TPSA) is 68.4 Å². The van der Waals surface area contributed by atoms with E-state index in [0.29, 0.717) is 40.9 Å². The average Bonchev–Trinajstić information content (AvgIpc) is 3.64. The first kappa shape index (κ1) is 27.6. The predicted molar refractivity (Wildman–Crippen MR) is 160 cm³/mol. The summed E-state index contributed by atoms with van der Waals surface area (Å²) in [6.07, 6.45) is 4.80. The molecule has 0 spiro atoms.